The normalized spacial score (nSPS) is 11.9. The predicted octanol–water partition coefficient (Wildman–Crippen LogP) is 3.79. The van der Waals surface area contributed by atoms with E-state index in [0.717, 1.165) is 4.31 Å². The Morgan fingerprint density at radius 1 is 0.735 bits per heavy atom. The number of para-hydroxylation sites is 1. The topological polar surface area (TPSA) is 104 Å². The maximum Gasteiger partial charge on any atom is 0.264 e. The molecule has 3 aromatic rings. The Hall–Kier alpha value is -3.21. The molecule has 0 bridgehead atoms. The highest BCUT2D eigenvalue weighted by molar-refractivity contribution is 7.92. The lowest BCUT2D eigenvalue weighted by molar-refractivity contribution is 0.102. The summed E-state index contributed by atoms with van der Waals surface area (Å²) in [6.07, 6.45) is 0. The van der Waals surface area contributed by atoms with Gasteiger partial charge in [-0.2, -0.15) is 4.31 Å². The van der Waals surface area contributed by atoms with Crippen molar-refractivity contribution in [2.75, 3.05) is 29.8 Å². The maximum absolute atomic E-state index is 13.0. The Kier molecular flexibility index (Phi) is 7.75. The van der Waals surface area contributed by atoms with Gasteiger partial charge in [0.25, 0.3) is 15.9 Å². The molecule has 0 radical (unpaired) electrons. The van der Waals surface area contributed by atoms with E-state index >= 15 is 0 Å². The van der Waals surface area contributed by atoms with Gasteiger partial charge in [0.2, 0.25) is 10.0 Å². The third-order valence-corrected chi connectivity index (χ3v) is 9.19. The summed E-state index contributed by atoms with van der Waals surface area (Å²) in [4.78, 5) is 13.3. The Morgan fingerprint density at radius 3 is 1.85 bits per heavy atom. The fraction of sp³-hybridized carbons (Fsp3) is 0.208. The van der Waals surface area contributed by atoms with Crippen LogP contribution in [0.3, 0.4) is 0 Å². The number of nitrogens with zero attached hydrogens (tertiary/aromatic N) is 2. The molecular weight excluding hydrogens is 474 g/mol. The molecule has 180 valence electrons. The van der Waals surface area contributed by atoms with Crippen LogP contribution in [0.4, 0.5) is 11.4 Å². The van der Waals surface area contributed by atoms with Gasteiger partial charge in [-0.15, -0.1) is 0 Å². The van der Waals surface area contributed by atoms with Gasteiger partial charge in [0, 0.05) is 25.8 Å². The van der Waals surface area contributed by atoms with Crippen LogP contribution in [-0.4, -0.2) is 47.2 Å². The van der Waals surface area contributed by atoms with E-state index in [1.54, 1.807) is 50.2 Å². The summed E-state index contributed by atoms with van der Waals surface area (Å²) in [5.41, 5.74) is 0.751. The standard InChI is InChI=1S/C24H27N3O5S2/c1-4-27(5-2)34(31,32)21-17-15-19(16-18-21)25-24(28)22-13-9-10-14-23(22)26(3)33(29,30)20-11-7-6-8-12-20/h6-18H,4-5H2,1-3H3,(H,25,28). The zero-order valence-electron chi connectivity index (χ0n) is 19.2. The lowest BCUT2D eigenvalue weighted by Gasteiger charge is -2.22. The van der Waals surface area contributed by atoms with Crippen molar-refractivity contribution in [3.8, 4) is 0 Å². The molecule has 0 fully saturated rings. The van der Waals surface area contributed by atoms with Crippen LogP contribution in [-0.2, 0) is 20.0 Å². The molecule has 0 saturated carbocycles. The van der Waals surface area contributed by atoms with Crippen LogP contribution in [0.25, 0.3) is 0 Å². The Bertz CT molecular complexity index is 1350. The molecular formula is C24H27N3O5S2. The minimum absolute atomic E-state index is 0.109. The van der Waals surface area contributed by atoms with Gasteiger partial charge in [0.1, 0.15) is 0 Å². The minimum Gasteiger partial charge on any atom is -0.322 e. The average Bonchev–Trinajstić information content (AvgIpc) is 2.85. The molecule has 0 unspecified atom stereocenters. The third-order valence-electron chi connectivity index (χ3n) is 5.34. The highest BCUT2D eigenvalue weighted by atomic mass is 32.2. The van der Waals surface area contributed by atoms with Crippen molar-refractivity contribution >= 4 is 37.3 Å². The zero-order valence-corrected chi connectivity index (χ0v) is 20.8. The summed E-state index contributed by atoms with van der Waals surface area (Å²) in [6, 6.07) is 20.2. The van der Waals surface area contributed by atoms with Crippen LogP contribution in [0.5, 0.6) is 0 Å². The Balaban J connectivity index is 1.86. The van der Waals surface area contributed by atoms with Crippen LogP contribution in [0, 0.1) is 0 Å². The highest BCUT2D eigenvalue weighted by Gasteiger charge is 2.25. The van der Waals surface area contributed by atoms with E-state index in [1.165, 1.54) is 53.8 Å². The van der Waals surface area contributed by atoms with E-state index in [1.807, 2.05) is 0 Å². The smallest absolute Gasteiger partial charge is 0.264 e. The molecule has 0 aromatic heterocycles. The van der Waals surface area contributed by atoms with Gasteiger partial charge >= 0.3 is 0 Å². The van der Waals surface area contributed by atoms with Crippen molar-refractivity contribution in [3.05, 3.63) is 84.4 Å². The number of benzene rings is 3. The average molecular weight is 502 g/mol. The summed E-state index contributed by atoms with van der Waals surface area (Å²) in [6.45, 7) is 4.24. The van der Waals surface area contributed by atoms with Crippen LogP contribution in [0.2, 0.25) is 0 Å². The molecule has 0 aliphatic heterocycles. The largest absolute Gasteiger partial charge is 0.322 e. The summed E-state index contributed by atoms with van der Waals surface area (Å²) >= 11 is 0. The van der Waals surface area contributed by atoms with Crippen molar-refractivity contribution < 1.29 is 21.6 Å². The molecule has 0 aliphatic rings. The number of sulfonamides is 2. The van der Waals surface area contributed by atoms with Crippen molar-refractivity contribution in [3.63, 3.8) is 0 Å². The van der Waals surface area contributed by atoms with Gasteiger partial charge in [-0.05, 0) is 48.5 Å². The van der Waals surface area contributed by atoms with Crippen molar-refractivity contribution in [1.82, 2.24) is 4.31 Å². The number of nitrogens with one attached hydrogen (secondary N) is 1. The summed E-state index contributed by atoms with van der Waals surface area (Å²) < 4.78 is 53.8. The van der Waals surface area contributed by atoms with E-state index in [4.69, 9.17) is 0 Å². The van der Waals surface area contributed by atoms with Crippen molar-refractivity contribution in [2.45, 2.75) is 23.6 Å². The molecule has 0 spiro atoms. The first-order valence-electron chi connectivity index (χ1n) is 10.7. The zero-order chi connectivity index (χ0) is 24.9. The number of hydrogen-bond donors (Lipinski definition) is 1. The van der Waals surface area contributed by atoms with Crippen LogP contribution in [0.15, 0.2) is 88.7 Å². The molecule has 34 heavy (non-hydrogen) atoms. The second kappa shape index (κ2) is 10.4. The second-order valence-electron chi connectivity index (χ2n) is 7.37. The third kappa shape index (κ3) is 5.14. The van der Waals surface area contributed by atoms with E-state index in [9.17, 15) is 21.6 Å². The molecule has 0 atom stereocenters. The SMILES string of the molecule is CCN(CC)S(=O)(=O)c1ccc(NC(=O)c2ccccc2N(C)S(=O)(=O)c2ccccc2)cc1. The molecule has 8 nitrogen and oxygen atoms in total. The monoisotopic (exact) mass is 501 g/mol. The van der Waals surface area contributed by atoms with Gasteiger partial charge in [-0.3, -0.25) is 9.10 Å². The van der Waals surface area contributed by atoms with Crippen LogP contribution < -0.4 is 9.62 Å². The van der Waals surface area contributed by atoms with Gasteiger partial charge in [-0.1, -0.05) is 44.2 Å². The molecule has 3 rings (SSSR count). The van der Waals surface area contributed by atoms with E-state index < -0.39 is 26.0 Å². The van der Waals surface area contributed by atoms with Crippen LogP contribution >= 0.6 is 0 Å². The first-order chi connectivity index (χ1) is 16.1. The Labute approximate surface area is 200 Å². The van der Waals surface area contributed by atoms with E-state index in [0.29, 0.717) is 18.8 Å². The maximum atomic E-state index is 13.0. The van der Waals surface area contributed by atoms with Gasteiger partial charge < -0.3 is 5.32 Å². The molecule has 10 heteroatoms. The van der Waals surface area contributed by atoms with Crippen LogP contribution in [0.1, 0.15) is 24.2 Å². The lowest BCUT2D eigenvalue weighted by atomic mass is 10.1. The summed E-state index contributed by atoms with van der Waals surface area (Å²) in [7, 11) is -6.10. The fourth-order valence-electron chi connectivity index (χ4n) is 3.44. The number of hydrogen-bond acceptors (Lipinski definition) is 5. The predicted molar refractivity (Wildman–Crippen MR) is 133 cm³/mol. The van der Waals surface area contributed by atoms with E-state index in [2.05, 4.69) is 5.32 Å². The summed E-state index contributed by atoms with van der Waals surface area (Å²) in [5.74, 6) is -0.523. The van der Waals surface area contributed by atoms with Gasteiger partial charge in [-0.25, -0.2) is 16.8 Å². The molecule has 0 saturated heterocycles. The number of amides is 1. The highest BCUT2D eigenvalue weighted by Crippen LogP contribution is 2.27. The second-order valence-corrected chi connectivity index (χ2v) is 11.3. The molecule has 1 N–H and O–H groups in total. The first-order valence-corrected chi connectivity index (χ1v) is 13.6. The quantitative estimate of drug-likeness (QED) is 0.480. The van der Waals surface area contributed by atoms with Gasteiger partial charge in [0.05, 0.1) is 21.0 Å². The molecule has 3 aromatic carbocycles. The fourth-order valence-corrected chi connectivity index (χ4v) is 6.14. The van der Waals surface area contributed by atoms with E-state index in [-0.39, 0.29) is 21.0 Å². The first kappa shape index (κ1) is 25.4. The summed E-state index contributed by atoms with van der Waals surface area (Å²) in [5, 5.41) is 2.71. The number of carbonyl (C=O) groups excluding carboxylic acids is 1. The molecule has 0 aliphatic carbocycles. The lowest BCUT2D eigenvalue weighted by Crippen LogP contribution is -2.30. The van der Waals surface area contributed by atoms with Crippen molar-refractivity contribution in [2.24, 2.45) is 0 Å². The minimum atomic E-state index is -3.87. The Morgan fingerprint density at radius 2 is 1.26 bits per heavy atom. The van der Waals surface area contributed by atoms with Gasteiger partial charge in [0.15, 0.2) is 0 Å². The molecule has 0 heterocycles. The number of anilines is 2. The number of rotatable bonds is 9. The van der Waals surface area contributed by atoms with Crippen molar-refractivity contribution in [1.29, 1.82) is 0 Å². The number of carbonyl (C=O) groups is 1. The molecule has 1 amide bonds.